The Balaban J connectivity index is 1.70. The van der Waals surface area contributed by atoms with Crippen molar-refractivity contribution in [3.8, 4) is 6.07 Å². The predicted molar refractivity (Wildman–Crippen MR) is 119 cm³/mol. The molecule has 0 radical (unpaired) electrons. The van der Waals surface area contributed by atoms with Crippen molar-refractivity contribution in [3.63, 3.8) is 0 Å². The molecule has 2 aromatic heterocycles. The molecule has 0 unspecified atom stereocenters. The van der Waals surface area contributed by atoms with Crippen molar-refractivity contribution in [3.05, 3.63) is 46.6 Å². The Labute approximate surface area is 189 Å². The average Bonchev–Trinajstić information content (AvgIpc) is 2.79. The first-order valence-corrected chi connectivity index (χ1v) is 10.5. The second-order valence-corrected chi connectivity index (χ2v) is 7.79. The minimum atomic E-state index is -0.491. The third-order valence-electron chi connectivity index (χ3n) is 5.19. The minimum absolute atomic E-state index is 0.00457. The van der Waals surface area contributed by atoms with E-state index < -0.39 is 6.04 Å². The van der Waals surface area contributed by atoms with Crippen molar-refractivity contribution in [2.75, 3.05) is 24.3 Å². The summed E-state index contributed by atoms with van der Waals surface area (Å²) in [6.45, 7) is 3.00. The highest BCUT2D eigenvalue weighted by atomic mass is 35.5. The molecule has 1 fully saturated rings. The molecule has 32 heavy (non-hydrogen) atoms. The van der Waals surface area contributed by atoms with Gasteiger partial charge in [0.2, 0.25) is 0 Å². The van der Waals surface area contributed by atoms with Gasteiger partial charge >= 0.3 is 0 Å². The molecule has 1 aliphatic heterocycles. The Kier molecular flexibility index (Phi) is 6.30. The zero-order chi connectivity index (χ0) is 22.7. The molecule has 1 saturated heterocycles. The summed E-state index contributed by atoms with van der Waals surface area (Å²) in [5.41, 5.74) is 6.63. The van der Waals surface area contributed by atoms with Gasteiger partial charge in [0.25, 0.3) is 5.91 Å². The summed E-state index contributed by atoms with van der Waals surface area (Å²) < 4.78 is 5.36. The maximum atomic E-state index is 13.2. The lowest BCUT2D eigenvalue weighted by molar-refractivity contribution is 0.0695. The van der Waals surface area contributed by atoms with Crippen LogP contribution in [0, 0.1) is 11.3 Å². The normalized spacial score (nSPS) is 15.2. The summed E-state index contributed by atoms with van der Waals surface area (Å²) in [5, 5.41) is 16.4. The number of benzene rings is 1. The molecule has 0 bridgehead atoms. The topological polar surface area (TPSA) is 152 Å². The Morgan fingerprint density at radius 3 is 2.84 bits per heavy atom. The van der Waals surface area contributed by atoms with Crippen molar-refractivity contribution in [2.24, 2.45) is 0 Å². The second-order valence-electron chi connectivity index (χ2n) is 7.38. The fourth-order valence-electron chi connectivity index (χ4n) is 3.50. The van der Waals surface area contributed by atoms with E-state index in [1.54, 1.807) is 25.1 Å². The van der Waals surface area contributed by atoms with Crippen molar-refractivity contribution in [1.29, 1.82) is 5.26 Å². The molecule has 0 aliphatic carbocycles. The smallest absolute Gasteiger partial charge is 0.270 e. The lowest BCUT2D eigenvalue weighted by Gasteiger charge is -2.23. The predicted octanol–water partition coefficient (Wildman–Crippen LogP) is 2.61. The summed E-state index contributed by atoms with van der Waals surface area (Å²) >= 11 is 6.41. The lowest BCUT2D eigenvalue weighted by Crippen LogP contribution is -2.39. The van der Waals surface area contributed by atoms with Crippen LogP contribution in [-0.4, -0.2) is 45.1 Å². The van der Waals surface area contributed by atoms with Crippen LogP contribution < -0.4 is 16.4 Å². The van der Waals surface area contributed by atoms with Gasteiger partial charge in [-0.25, -0.2) is 19.9 Å². The standard InChI is InChI=1S/C21H21ClN8O2/c1-11(27-20-13(9-23)18(24)25-10-26-20)19-29-15-4-2-3-14(22)16(15)17(30-19)21(31)28-12-5-7-32-8-6-12/h2-4,10-12H,5-8H2,1H3,(H,28,31)(H3,24,25,26,27)/t11-/m0/s1. The highest BCUT2D eigenvalue weighted by Gasteiger charge is 2.23. The number of amides is 1. The fraction of sp³-hybridized carbons (Fsp3) is 0.333. The number of carbonyl (C=O) groups is 1. The molecule has 4 N–H and O–H groups in total. The van der Waals surface area contributed by atoms with Gasteiger partial charge in [-0.1, -0.05) is 17.7 Å². The van der Waals surface area contributed by atoms with Gasteiger partial charge < -0.3 is 21.1 Å². The van der Waals surface area contributed by atoms with E-state index in [0.29, 0.717) is 35.0 Å². The van der Waals surface area contributed by atoms with Gasteiger partial charge in [-0.2, -0.15) is 5.26 Å². The number of nitrogens with two attached hydrogens (primary N) is 1. The maximum Gasteiger partial charge on any atom is 0.270 e. The van der Waals surface area contributed by atoms with Crippen LogP contribution in [0.2, 0.25) is 5.02 Å². The molecule has 164 valence electrons. The number of rotatable bonds is 5. The van der Waals surface area contributed by atoms with Gasteiger partial charge in [0.1, 0.15) is 35.3 Å². The fourth-order valence-corrected chi connectivity index (χ4v) is 3.76. The highest BCUT2D eigenvalue weighted by molar-refractivity contribution is 6.36. The molecule has 0 spiro atoms. The van der Waals surface area contributed by atoms with Crippen molar-refractivity contribution >= 4 is 40.0 Å². The van der Waals surface area contributed by atoms with Gasteiger partial charge in [-0.15, -0.1) is 0 Å². The zero-order valence-corrected chi connectivity index (χ0v) is 18.1. The van der Waals surface area contributed by atoms with Gasteiger partial charge in [0, 0.05) is 19.3 Å². The van der Waals surface area contributed by atoms with Crippen LogP contribution in [0.25, 0.3) is 10.9 Å². The van der Waals surface area contributed by atoms with E-state index in [4.69, 9.17) is 22.1 Å². The maximum absolute atomic E-state index is 13.2. The number of nitriles is 1. The number of halogens is 1. The quantitative estimate of drug-likeness (QED) is 0.530. The molecule has 1 aromatic carbocycles. The number of ether oxygens (including phenoxy) is 1. The second kappa shape index (κ2) is 9.30. The van der Waals surface area contributed by atoms with E-state index >= 15 is 0 Å². The first-order chi connectivity index (χ1) is 15.5. The third kappa shape index (κ3) is 4.39. The Bertz CT molecular complexity index is 1210. The molecule has 4 rings (SSSR count). The summed E-state index contributed by atoms with van der Waals surface area (Å²) in [4.78, 5) is 30.2. The number of carbonyl (C=O) groups excluding carboxylic acids is 1. The number of aromatic nitrogens is 4. The molecule has 11 heteroatoms. The summed E-state index contributed by atoms with van der Waals surface area (Å²) in [7, 11) is 0. The van der Waals surface area contributed by atoms with Crippen molar-refractivity contribution < 1.29 is 9.53 Å². The SMILES string of the molecule is C[C@H](Nc1ncnc(N)c1C#N)c1nc(C(=O)NC2CCOCC2)c2c(Cl)cccc2n1. The van der Waals surface area contributed by atoms with E-state index in [0.717, 1.165) is 12.8 Å². The summed E-state index contributed by atoms with van der Waals surface area (Å²) in [6.07, 6.45) is 2.73. The Hall–Kier alpha value is -3.55. The molecule has 3 aromatic rings. The summed E-state index contributed by atoms with van der Waals surface area (Å²) in [5.74, 6) is 0.350. The molecule has 3 heterocycles. The largest absolute Gasteiger partial charge is 0.382 e. The Morgan fingerprint density at radius 1 is 1.31 bits per heavy atom. The van der Waals surface area contributed by atoms with Gasteiger partial charge in [-0.05, 0) is 31.9 Å². The molecule has 0 saturated carbocycles. The van der Waals surface area contributed by atoms with Crippen LogP contribution in [0.5, 0.6) is 0 Å². The zero-order valence-electron chi connectivity index (χ0n) is 17.3. The minimum Gasteiger partial charge on any atom is -0.382 e. The molecular weight excluding hydrogens is 432 g/mol. The molecule has 1 amide bonds. The van der Waals surface area contributed by atoms with E-state index in [1.165, 1.54) is 6.33 Å². The average molecular weight is 453 g/mol. The van der Waals surface area contributed by atoms with E-state index in [1.807, 2.05) is 6.07 Å². The molecule has 1 atom stereocenters. The number of fused-ring (bicyclic) bond motifs is 1. The van der Waals surface area contributed by atoms with Crippen LogP contribution in [0.3, 0.4) is 0 Å². The van der Waals surface area contributed by atoms with E-state index in [-0.39, 0.29) is 34.8 Å². The summed E-state index contributed by atoms with van der Waals surface area (Å²) in [6, 6.07) is 6.73. The molecule has 1 aliphatic rings. The van der Waals surface area contributed by atoms with Crippen LogP contribution in [0.1, 0.15) is 47.7 Å². The third-order valence-corrected chi connectivity index (χ3v) is 5.51. The van der Waals surface area contributed by atoms with E-state index in [2.05, 4.69) is 30.6 Å². The highest BCUT2D eigenvalue weighted by Crippen LogP contribution is 2.28. The molecule has 10 nitrogen and oxygen atoms in total. The van der Waals surface area contributed by atoms with Gasteiger partial charge in [0.05, 0.1) is 22.0 Å². The number of anilines is 2. The van der Waals surface area contributed by atoms with Crippen molar-refractivity contribution in [1.82, 2.24) is 25.3 Å². The number of hydrogen-bond donors (Lipinski definition) is 3. The molecular formula is C21H21ClN8O2. The van der Waals surface area contributed by atoms with Crippen LogP contribution in [0.15, 0.2) is 24.5 Å². The van der Waals surface area contributed by atoms with Crippen LogP contribution in [-0.2, 0) is 4.74 Å². The monoisotopic (exact) mass is 452 g/mol. The number of nitrogens with one attached hydrogen (secondary N) is 2. The van der Waals surface area contributed by atoms with Gasteiger partial charge in [-0.3, -0.25) is 4.79 Å². The van der Waals surface area contributed by atoms with Crippen LogP contribution >= 0.6 is 11.6 Å². The van der Waals surface area contributed by atoms with E-state index in [9.17, 15) is 10.1 Å². The lowest BCUT2D eigenvalue weighted by atomic mass is 10.1. The first kappa shape index (κ1) is 21.7. The van der Waals surface area contributed by atoms with Gasteiger partial charge in [0.15, 0.2) is 5.82 Å². The number of hydrogen-bond acceptors (Lipinski definition) is 9. The first-order valence-electron chi connectivity index (χ1n) is 10.1. The number of nitrogen functional groups attached to an aromatic ring is 1. The number of nitrogens with zero attached hydrogens (tertiary/aromatic N) is 5. The Morgan fingerprint density at radius 2 is 2.09 bits per heavy atom. The van der Waals surface area contributed by atoms with Crippen molar-refractivity contribution in [2.45, 2.75) is 31.8 Å². The van der Waals surface area contributed by atoms with Crippen LogP contribution in [0.4, 0.5) is 11.6 Å².